The molecule has 18 heavy (non-hydrogen) atoms. The van der Waals surface area contributed by atoms with Crippen LogP contribution in [-0.4, -0.2) is 18.3 Å². The summed E-state index contributed by atoms with van der Waals surface area (Å²) >= 11 is 0. The van der Waals surface area contributed by atoms with E-state index in [2.05, 4.69) is 19.1 Å². The molecule has 0 aliphatic heterocycles. The molecule has 0 spiro atoms. The fourth-order valence-electron chi connectivity index (χ4n) is 2.02. The summed E-state index contributed by atoms with van der Waals surface area (Å²) in [5, 5.41) is 8.76. The maximum atomic E-state index is 8.76. The molecule has 0 heterocycles. The fourth-order valence-corrected chi connectivity index (χ4v) is 2.02. The van der Waals surface area contributed by atoms with Gasteiger partial charge in [0.15, 0.2) is 0 Å². The summed E-state index contributed by atoms with van der Waals surface area (Å²) in [4.78, 5) is 0. The molecule has 2 heteroatoms. The van der Waals surface area contributed by atoms with Gasteiger partial charge in [0, 0.05) is 13.0 Å². The Bertz CT molecular complexity index is 310. The van der Waals surface area contributed by atoms with E-state index in [0.29, 0.717) is 13.0 Å². The number of benzene rings is 1. The Balaban J connectivity index is 2.33. The number of para-hydroxylation sites is 1. The van der Waals surface area contributed by atoms with Gasteiger partial charge < -0.3 is 9.84 Å². The van der Waals surface area contributed by atoms with E-state index < -0.39 is 0 Å². The minimum Gasteiger partial charge on any atom is -0.493 e. The van der Waals surface area contributed by atoms with Crippen LogP contribution in [0.3, 0.4) is 0 Å². The molecule has 0 radical (unpaired) electrons. The summed E-state index contributed by atoms with van der Waals surface area (Å²) < 4.78 is 5.70. The molecule has 0 aliphatic carbocycles. The van der Waals surface area contributed by atoms with Gasteiger partial charge in [-0.25, -0.2) is 0 Å². The van der Waals surface area contributed by atoms with Gasteiger partial charge in [-0.15, -0.1) is 0 Å². The van der Waals surface area contributed by atoms with Gasteiger partial charge in [-0.05, 0) is 24.5 Å². The number of aryl methyl sites for hydroxylation is 1. The van der Waals surface area contributed by atoms with Crippen LogP contribution < -0.4 is 4.74 Å². The highest BCUT2D eigenvalue weighted by atomic mass is 16.5. The molecular formula is C16H26O2. The largest absolute Gasteiger partial charge is 0.493 e. The van der Waals surface area contributed by atoms with Gasteiger partial charge in [0.25, 0.3) is 0 Å². The third kappa shape index (κ3) is 6.06. The first-order valence-corrected chi connectivity index (χ1v) is 7.20. The summed E-state index contributed by atoms with van der Waals surface area (Å²) in [6, 6.07) is 8.25. The van der Waals surface area contributed by atoms with Crippen LogP contribution in [0.2, 0.25) is 0 Å². The van der Waals surface area contributed by atoms with Crippen molar-refractivity contribution in [1.29, 1.82) is 0 Å². The van der Waals surface area contributed by atoms with E-state index in [9.17, 15) is 0 Å². The lowest BCUT2D eigenvalue weighted by Crippen LogP contribution is -2.02. The van der Waals surface area contributed by atoms with Crippen molar-refractivity contribution >= 4 is 0 Å². The Morgan fingerprint density at radius 2 is 1.78 bits per heavy atom. The van der Waals surface area contributed by atoms with Crippen molar-refractivity contribution in [2.24, 2.45) is 0 Å². The first-order valence-electron chi connectivity index (χ1n) is 7.20. The van der Waals surface area contributed by atoms with Crippen LogP contribution in [0.5, 0.6) is 5.75 Å². The number of rotatable bonds is 10. The Kier molecular flexibility index (Phi) is 8.32. The third-order valence-electron chi connectivity index (χ3n) is 3.08. The van der Waals surface area contributed by atoms with Gasteiger partial charge in [-0.2, -0.15) is 0 Å². The minimum atomic E-state index is 0.194. The number of unbranched alkanes of at least 4 members (excludes halogenated alkanes) is 4. The first kappa shape index (κ1) is 15.0. The normalized spacial score (nSPS) is 10.6. The quantitative estimate of drug-likeness (QED) is 0.637. The molecule has 1 rings (SSSR count). The number of hydrogen-bond donors (Lipinski definition) is 1. The Morgan fingerprint density at radius 3 is 2.56 bits per heavy atom. The van der Waals surface area contributed by atoms with Crippen molar-refractivity contribution in [3.63, 3.8) is 0 Å². The maximum absolute atomic E-state index is 8.76. The smallest absolute Gasteiger partial charge is 0.122 e. The van der Waals surface area contributed by atoms with Crippen LogP contribution in [0.1, 0.15) is 51.0 Å². The molecule has 0 fully saturated rings. The van der Waals surface area contributed by atoms with Gasteiger partial charge in [0.05, 0.1) is 6.61 Å². The van der Waals surface area contributed by atoms with Crippen LogP contribution in [-0.2, 0) is 6.42 Å². The molecular weight excluding hydrogens is 224 g/mol. The van der Waals surface area contributed by atoms with E-state index in [1.165, 1.54) is 37.7 Å². The minimum absolute atomic E-state index is 0.194. The van der Waals surface area contributed by atoms with Crippen LogP contribution in [0, 0.1) is 0 Å². The monoisotopic (exact) mass is 250 g/mol. The number of aliphatic hydroxyl groups is 1. The Morgan fingerprint density at radius 1 is 1.00 bits per heavy atom. The van der Waals surface area contributed by atoms with E-state index in [0.717, 1.165) is 12.2 Å². The molecule has 0 amide bonds. The zero-order valence-electron chi connectivity index (χ0n) is 11.5. The Labute approximate surface area is 111 Å². The lowest BCUT2D eigenvalue weighted by atomic mass is 10.0. The maximum Gasteiger partial charge on any atom is 0.122 e. The highest BCUT2D eigenvalue weighted by Gasteiger charge is 2.02. The lowest BCUT2D eigenvalue weighted by molar-refractivity contribution is 0.232. The van der Waals surface area contributed by atoms with Crippen molar-refractivity contribution in [1.82, 2.24) is 0 Å². The van der Waals surface area contributed by atoms with E-state index >= 15 is 0 Å². The second kappa shape index (κ2) is 9.95. The van der Waals surface area contributed by atoms with Crippen LogP contribution >= 0.6 is 0 Å². The zero-order valence-corrected chi connectivity index (χ0v) is 11.5. The van der Waals surface area contributed by atoms with Crippen molar-refractivity contribution in [3.8, 4) is 5.75 Å². The number of ether oxygens (including phenoxy) is 1. The average Bonchev–Trinajstić information content (AvgIpc) is 2.40. The molecule has 2 nitrogen and oxygen atoms in total. The highest BCUT2D eigenvalue weighted by Crippen LogP contribution is 2.20. The molecule has 1 aromatic carbocycles. The lowest BCUT2D eigenvalue weighted by Gasteiger charge is -2.10. The zero-order chi connectivity index (χ0) is 13.1. The molecule has 0 bridgehead atoms. The summed E-state index contributed by atoms with van der Waals surface area (Å²) in [6.45, 7) is 3.03. The SMILES string of the molecule is CCCCCCCc1ccccc1OCCCO. The van der Waals surface area contributed by atoms with Crippen LogP contribution in [0.4, 0.5) is 0 Å². The fraction of sp³-hybridized carbons (Fsp3) is 0.625. The van der Waals surface area contributed by atoms with E-state index in [4.69, 9.17) is 9.84 Å². The first-order chi connectivity index (χ1) is 8.88. The summed E-state index contributed by atoms with van der Waals surface area (Å²) in [5.74, 6) is 0.987. The predicted molar refractivity (Wildman–Crippen MR) is 76.1 cm³/mol. The average molecular weight is 250 g/mol. The van der Waals surface area contributed by atoms with E-state index in [1.54, 1.807) is 0 Å². The summed E-state index contributed by atoms with van der Waals surface area (Å²) in [6.07, 6.45) is 8.31. The second-order valence-electron chi connectivity index (χ2n) is 4.70. The molecule has 0 saturated carbocycles. The van der Waals surface area contributed by atoms with Gasteiger partial charge in [0.2, 0.25) is 0 Å². The molecule has 0 aromatic heterocycles. The van der Waals surface area contributed by atoms with E-state index in [1.807, 2.05) is 12.1 Å². The van der Waals surface area contributed by atoms with Crippen molar-refractivity contribution in [2.75, 3.05) is 13.2 Å². The van der Waals surface area contributed by atoms with Gasteiger partial charge in [-0.3, -0.25) is 0 Å². The van der Waals surface area contributed by atoms with Crippen LogP contribution in [0.15, 0.2) is 24.3 Å². The molecule has 102 valence electrons. The van der Waals surface area contributed by atoms with Gasteiger partial charge in [-0.1, -0.05) is 50.8 Å². The van der Waals surface area contributed by atoms with Crippen molar-refractivity contribution in [3.05, 3.63) is 29.8 Å². The molecule has 0 atom stereocenters. The molecule has 0 saturated heterocycles. The van der Waals surface area contributed by atoms with Gasteiger partial charge in [0.1, 0.15) is 5.75 Å². The third-order valence-corrected chi connectivity index (χ3v) is 3.08. The standard InChI is InChI=1S/C16H26O2/c1-2-3-4-5-6-10-15-11-7-8-12-16(15)18-14-9-13-17/h7-8,11-12,17H,2-6,9-10,13-14H2,1H3. The van der Waals surface area contributed by atoms with Gasteiger partial charge >= 0.3 is 0 Å². The van der Waals surface area contributed by atoms with E-state index in [-0.39, 0.29) is 6.61 Å². The highest BCUT2D eigenvalue weighted by molar-refractivity contribution is 5.33. The van der Waals surface area contributed by atoms with Crippen LogP contribution in [0.25, 0.3) is 0 Å². The molecule has 0 aliphatic rings. The van der Waals surface area contributed by atoms with Crippen molar-refractivity contribution < 1.29 is 9.84 Å². The summed E-state index contributed by atoms with van der Waals surface area (Å²) in [5.41, 5.74) is 1.30. The summed E-state index contributed by atoms with van der Waals surface area (Å²) in [7, 11) is 0. The number of hydrogen-bond acceptors (Lipinski definition) is 2. The topological polar surface area (TPSA) is 29.5 Å². The molecule has 0 unspecified atom stereocenters. The molecule has 1 N–H and O–H groups in total. The Hall–Kier alpha value is -1.02. The second-order valence-corrected chi connectivity index (χ2v) is 4.70. The molecule has 1 aromatic rings. The van der Waals surface area contributed by atoms with Crippen molar-refractivity contribution in [2.45, 2.75) is 51.9 Å². The number of aliphatic hydroxyl groups excluding tert-OH is 1. The predicted octanol–water partition coefficient (Wildman–Crippen LogP) is 3.96.